The lowest BCUT2D eigenvalue weighted by atomic mass is 10.4. The van der Waals surface area contributed by atoms with E-state index in [4.69, 9.17) is 0 Å². The summed E-state index contributed by atoms with van der Waals surface area (Å²) in [5.41, 5.74) is 0.963. The van der Waals surface area contributed by atoms with Gasteiger partial charge in [0.15, 0.2) is 4.96 Å². The van der Waals surface area contributed by atoms with Gasteiger partial charge in [0, 0.05) is 11.6 Å². The second-order valence-corrected chi connectivity index (χ2v) is 7.13. The zero-order chi connectivity index (χ0) is 13.7. The van der Waals surface area contributed by atoms with Gasteiger partial charge < -0.3 is 0 Å². The molecule has 0 spiro atoms. The molecule has 4 aromatic heterocycles. The maximum atomic E-state index is 12.2. The Morgan fingerprint density at radius 3 is 3.05 bits per heavy atom. The number of nitrogens with zero attached hydrogens (tertiary/aromatic N) is 4. The van der Waals surface area contributed by atoms with Gasteiger partial charge >= 0.3 is 0 Å². The number of hydrogen-bond acceptors (Lipinski definition) is 7. The fourth-order valence-electron chi connectivity index (χ4n) is 1.87. The molecule has 4 heterocycles. The maximum absolute atomic E-state index is 12.2. The number of anilines is 1. The maximum Gasteiger partial charge on any atom is 0.267 e. The molecule has 0 aliphatic rings. The zero-order valence-corrected chi connectivity index (χ0v) is 12.6. The van der Waals surface area contributed by atoms with Crippen molar-refractivity contribution < 1.29 is 4.79 Å². The molecule has 0 unspecified atom stereocenters. The van der Waals surface area contributed by atoms with E-state index in [1.54, 1.807) is 11.3 Å². The quantitative estimate of drug-likeness (QED) is 0.616. The number of imidazole rings is 1. The summed E-state index contributed by atoms with van der Waals surface area (Å²) in [5, 5.41) is 13.8. The van der Waals surface area contributed by atoms with E-state index in [2.05, 4.69) is 20.5 Å². The van der Waals surface area contributed by atoms with Crippen LogP contribution in [0, 0.1) is 6.92 Å². The Kier molecular flexibility index (Phi) is 2.59. The monoisotopic (exact) mass is 321 g/mol. The molecule has 0 aliphatic heterocycles. The Balaban J connectivity index is 1.70. The fourth-order valence-corrected chi connectivity index (χ4v) is 4.15. The smallest absolute Gasteiger partial charge is 0.267 e. The van der Waals surface area contributed by atoms with Crippen molar-refractivity contribution in [2.24, 2.45) is 0 Å². The number of carbonyl (C=O) groups is 1. The van der Waals surface area contributed by atoms with E-state index < -0.39 is 0 Å². The topological polar surface area (TPSA) is 72.2 Å². The Labute approximate surface area is 124 Å². The molecule has 4 rings (SSSR count). The van der Waals surface area contributed by atoms with Crippen LogP contribution in [-0.4, -0.2) is 25.5 Å². The Hall–Kier alpha value is -1.84. The van der Waals surface area contributed by atoms with Crippen molar-refractivity contribution in [2.45, 2.75) is 6.92 Å². The highest BCUT2D eigenvalue weighted by Gasteiger charge is 2.16. The van der Waals surface area contributed by atoms with Crippen molar-refractivity contribution in [1.82, 2.24) is 19.6 Å². The van der Waals surface area contributed by atoms with Gasteiger partial charge in [-0.1, -0.05) is 11.3 Å². The normalized spacial score (nSPS) is 11.4. The highest BCUT2D eigenvalue weighted by atomic mass is 32.1. The van der Waals surface area contributed by atoms with Crippen LogP contribution < -0.4 is 5.32 Å². The average molecular weight is 321 g/mol. The van der Waals surface area contributed by atoms with Crippen LogP contribution in [0.5, 0.6) is 0 Å². The van der Waals surface area contributed by atoms with Gasteiger partial charge in [-0.05, 0) is 13.0 Å². The van der Waals surface area contributed by atoms with Crippen molar-refractivity contribution in [3.05, 3.63) is 27.5 Å². The van der Waals surface area contributed by atoms with Gasteiger partial charge in [-0.3, -0.25) is 14.5 Å². The molecular weight excluding hydrogens is 314 g/mol. The first-order valence-electron chi connectivity index (χ1n) is 5.67. The highest BCUT2D eigenvalue weighted by molar-refractivity contribution is 7.21. The largest absolute Gasteiger partial charge is 0.296 e. The number of carbonyl (C=O) groups excluding carboxylic acids is 1. The predicted octanol–water partition coefficient (Wildman–Crippen LogP) is 3.02. The summed E-state index contributed by atoms with van der Waals surface area (Å²) in [6.45, 7) is 1.85. The van der Waals surface area contributed by atoms with E-state index in [0.717, 1.165) is 20.3 Å². The van der Waals surface area contributed by atoms with Crippen LogP contribution in [0.4, 0.5) is 5.13 Å². The Bertz CT molecular complexity index is 930. The van der Waals surface area contributed by atoms with E-state index in [-0.39, 0.29) is 5.91 Å². The molecule has 20 heavy (non-hydrogen) atoms. The first-order chi connectivity index (χ1) is 9.70. The van der Waals surface area contributed by atoms with Crippen molar-refractivity contribution in [3.8, 4) is 0 Å². The van der Waals surface area contributed by atoms with Gasteiger partial charge in [-0.25, -0.2) is 4.98 Å². The van der Waals surface area contributed by atoms with Gasteiger partial charge in [0.25, 0.3) is 5.91 Å². The number of rotatable bonds is 2. The number of amides is 1. The summed E-state index contributed by atoms with van der Waals surface area (Å²) in [4.78, 5) is 19.1. The summed E-state index contributed by atoms with van der Waals surface area (Å²) in [6, 6.07) is 1.86. The van der Waals surface area contributed by atoms with Crippen LogP contribution in [0.1, 0.15) is 14.7 Å². The van der Waals surface area contributed by atoms with Crippen molar-refractivity contribution in [1.29, 1.82) is 0 Å². The molecule has 4 aromatic rings. The lowest BCUT2D eigenvalue weighted by Gasteiger charge is -1.96. The fraction of sp³-hybridized carbons (Fsp3) is 0.0909. The van der Waals surface area contributed by atoms with Gasteiger partial charge in [-0.2, -0.15) is 0 Å². The number of hydrogen-bond donors (Lipinski definition) is 1. The van der Waals surface area contributed by atoms with Crippen LogP contribution in [0.15, 0.2) is 17.6 Å². The van der Waals surface area contributed by atoms with Crippen LogP contribution in [0.25, 0.3) is 15.3 Å². The molecule has 1 N–H and O–H groups in total. The minimum atomic E-state index is -0.173. The molecule has 0 aliphatic carbocycles. The van der Waals surface area contributed by atoms with Gasteiger partial charge in [0.1, 0.15) is 9.84 Å². The van der Waals surface area contributed by atoms with Crippen LogP contribution in [-0.2, 0) is 0 Å². The first-order valence-corrected chi connectivity index (χ1v) is 8.18. The summed E-state index contributed by atoms with van der Waals surface area (Å²) in [6.07, 6.45) is 1.96. The third kappa shape index (κ3) is 1.82. The van der Waals surface area contributed by atoms with E-state index in [0.29, 0.717) is 10.0 Å². The summed E-state index contributed by atoms with van der Waals surface area (Å²) in [7, 11) is 0. The van der Waals surface area contributed by atoms with Gasteiger partial charge in [-0.15, -0.1) is 32.9 Å². The molecule has 100 valence electrons. The number of thiazole rings is 1. The van der Waals surface area contributed by atoms with E-state index in [1.807, 2.05) is 29.0 Å². The highest BCUT2D eigenvalue weighted by Crippen LogP contribution is 2.28. The lowest BCUT2D eigenvalue weighted by molar-refractivity contribution is 0.103. The molecular formula is C11H7N5OS3. The minimum Gasteiger partial charge on any atom is -0.296 e. The van der Waals surface area contributed by atoms with Crippen LogP contribution in [0.3, 0.4) is 0 Å². The molecule has 0 radical (unpaired) electrons. The van der Waals surface area contributed by atoms with Crippen molar-refractivity contribution >= 4 is 60.4 Å². The van der Waals surface area contributed by atoms with Crippen molar-refractivity contribution in [3.63, 3.8) is 0 Å². The predicted molar refractivity (Wildman–Crippen MR) is 81.1 cm³/mol. The minimum absolute atomic E-state index is 0.173. The molecule has 0 bridgehead atoms. The average Bonchev–Trinajstić information content (AvgIpc) is 3.10. The third-order valence-corrected chi connectivity index (χ3v) is 5.24. The molecule has 0 aromatic carbocycles. The van der Waals surface area contributed by atoms with Crippen LogP contribution >= 0.6 is 34.0 Å². The number of fused-ring (bicyclic) bond motifs is 3. The second kappa shape index (κ2) is 4.33. The molecule has 0 saturated heterocycles. The molecule has 9 heteroatoms. The number of aryl methyl sites for hydroxylation is 1. The lowest BCUT2D eigenvalue weighted by Crippen LogP contribution is -2.09. The van der Waals surface area contributed by atoms with E-state index in [9.17, 15) is 4.79 Å². The number of nitrogens with one attached hydrogen (secondary N) is 1. The summed E-state index contributed by atoms with van der Waals surface area (Å²) in [5.74, 6) is -0.173. The van der Waals surface area contributed by atoms with Gasteiger partial charge in [0.2, 0.25) is 5.13 Å². The zero-order valence-electron chi connectivity index (χ0n) is 10.2. The molecule has 0 saturated carbocycles. The third-order valence-electron chi connectivity index (χ3n) is 2.71. The first kappa shape index (κ1) is 11.9. The van der Waals surface area contributed by atoms with Crippen LogP contribution in [0.2, 0.25) is 0 Å². The SMILES string of the molecule is Cc1nnc(NC(=O)c2cc3c(nc4sccn43)s2)s1. The number of thiophene rings is 1. The van der Waals surface area contributed by atoms with E-state index >= 15 is 0 Å². The molecule has 0 fully saturated rings. The summed E-state index contributed by atoms with van der Waals surface area (Å²) < 4.78 is 1.99. The molecule has 6 nitrogen and oxygen atoms in total. The standard InChI is InChI=1S/C11H7N5OS3/c1-5-14-15-10(19-5)12-8(17)7-4-6-9(20-7)13-11-16(6)2-3-18-11/h2-4H,1H3,(H,12,15,17). The number of aromatic nitrogens is 4. The second-order valence-electron chi connectivity index (χ2n) is 4.05. The summed E-state index contributed by atoms with van der Waals surface area (Å²) >= 11 is 4.31. The molecule has 0 atom stereocenters. The Morgan fingerprint density at radius 2 is 2.25 bits per heavy atom. The van der Waals surface area contributed by atoms with E-state index in [1.165, 1.54) is 22.7 Å². The van der Waals surface area contributed by atoms with Crippen molar-refractivity contribution in [2.75, 3.05) is 5.32 Å². The van der Waals surface area contributed by atoms with Gasteiger partial charge in [0.05, 0.1) is 10.4 Å². The molecule has 1 amide bonds. The Morgan fingerprint density at radius 1 is 1.35 bits per heavy atom.